The Balaban J connectivity index is 1.66. The van der Waals surface area contributed by atoms with E-state index in [-0.39, 0.29) is 18.1 Å². The number of aryl methyl sites for hydroxylation is 1. The molecular weight excluding hydrogens is 354 g/mol. The molecule has 0 radical (unpaired) electrons. The molecule has 0 unspecified atom stereocenters. The van der Waals surface area contributed by atoms with Crippen LogP contribution in [0.3, 0.4) is 0 Å². The van der Waals surface area contributed by atoms with Crippen LogP contribution in [0.2, 0.25) is 0 Å². The molecule has 0 aromatic carbocycles. The van der Waals surface area contributed by atoms with Crippen molar-refractivity contribution in [1.82, 2.24) is 29.9 Å². The average Bonchev–Trinajstić information content (AvgIpc) is 3.34. The summed E-state index contributed by atoms with van der Waals surface area (Å²) in [6, 6.07) is 5.80. The maximum Gasteiger partial charge on any atom is 0.185 e. The second-order valence-electron chi connectivity index (χ2n) is 7.39. The molecule has 1 fully saturated rings. The summed E-state index contributed by atoms with van der Waals surface area (Å²) < 4.78 is 7.78. The number of aromatic amines is 1. The fourth-order valence-electron chi connectivity index (χ4n) is 3.81. The van der Waals surface area contributed by atoms with E-state index in [2.05, 4.69) is 22.1 Å². The summed E-state index contributed by atoms with van der Waals surface area (Å²) in [5.41, 5.74) is 8.29. The van der Waals surface area contributed by atoms with E-state index >= 15 is 0 Å². The lowest BCUT2D eigenvalue weighted by Crippen LogP contribution is -2.42. The van der Waals surface area contributed by atoms with Crippen molar-refractivity contribution in [3.8, 4) is 17.2 Å². The van der Waals surface area contributed by atoms with Crippen LogP contribution in [0, 0.1) is 6.92 Å². The van der Waals surface area contributed by atoms with Crippen LogP contribution in [0.4, 0.5) is 0 Å². The van der Waals surface area contributed by atoms with Crippen LogP contribution < -0.4 is 5.73 Å². The van der Waals surface area contributed by atoms with Crippen molar-refractivity contribution in [3.05, 3.63) is 42.1 Å². The first-order valence-electron chi connectivity index (χ1n) is 9.93. The Hall–Kier alpha value is -2.58. The average molecular weight is 381 g/mol. The summed E-state index contributed by atoms with van der Waals surface area (Å²) in [4.78, 5) is 9.37. The van der Waals surface area contributed by atoms with Crippen LogP contribution in [0.25, 0.3) is 17.2 Å². The number of aromatic nitrogens is 6. The van der Waals surface area contributed by atoms with Gasteiger partial charge in [-0.1, -0.05) is 13.0 Å². The minimum atomic E-state index is -0.00158. The highest BCUT2D eigenvalue weighted by atomic mass is 16.5. The first-order chi connectivity index (χ1) is 13.7. The molecule has 0 amide bonds. The van der Waals surface area contributed by atoms with E-state index in [1.807, 2.05) is 29.8 Å². The molecule has 1 aliphatic carbocycles. The lowest BCUT2D eigenvalue weighted by molar-refractivity contribution is 0.0108. The summed E-state index contributed by atoms with van der Waals surface area (Å²) in [5.74, 6) is 2.53. The molecule has 3 aromatic rings. The van der Waals surface area contributed by atoms with Crippen LogP contribution in [0.1, 0.15) is 50.0 Å². The van der Waals surface area contributed by atoms with Crippen LogP contribution in [0.5, 0.6) is 0 Å². The van der Waals surface area contributed by atoms with E-state index in [9.17, 15) is 0 Å². The monoisotopic (exact) mass is 381 g/mol. The van der Waals surface area contributed by atoms with Gasteiger partial charge in [0.1, 0.15) is 5.82 Å². The number of rotatable bonds is 6. The van der Waals surface area contributed by atoms with Crippen LogP contribution in [-0.2, 0) is 4.74 Å². The first kappa shape index (κ1) is 18.8. The van der Waals surface area contributed by atoms with Gasteiger partial charge in [0.25, 0.3) is 0 Å². The zero-order valence-electron chi connectivity index (χ0n) is 16.4. The summed E-state index contributed by atoms with van der Waals surface area (Å²) in [7, 11) is 0. The Morgan fingerprint density at radius 2 is 2.21 bits per heavy atom. The van der Waals surface area contributed by atoms with Gasteiger partial charge in [-0.25, -0.2) is 9.97 Å². The van der Waals surface area contributed by atoms with E-state index < -0.39 is 0 Å². The zero-order valence-corrected chi connectivity index (χ0v) is 16.4. The van der Waals surface area contributed by atoms with Crippen molar-refractivity contribution < 1.29 is 4.74 Å². The lowest BCUT2D eigenvalue weighted by Gasteiger charge is -2.33. The third-order valence-corrected chi connectivity index (χ3v) is 5.30. The highest BCUT2D eigenvalue weighted by molar-refractivity contribution is 5.56. The molecule has 3 aromatic heterocycles. The van der Waals surface area contributed by atoms with E-state index in [4.69, 9.17) is 20.6 Å². The Bertz CT molecular complexity index is 904. The summed E-state index contributed by atoms with van der Waals surface area (Å²) >= 11 is 0. The summed E-state index contributed by atoms with van der Waals surface area (Å²) in [6.07, 6.45) is 7.39. The van der Waals surface area contributed by atoms with Crippen molar-refractivity contribution in [1.29, 1.82) is 0 Å². The van der Waals surface area contributed by atoms with Crippen molar-refractivity contribution >= 4 is 0 Å². The zero-order chi connectivity index (χ0) is 19.5. The fraction of sp³-hybridized carbons (Fsp3) is 0.500. The molecule has 3 N–H and O–H groups in total. The molecule has 8 nitrogen and oxygen atoms in total. The topological polar surface area (TPSA) is 108 Å². The van der Waals surface area contributed by atoms with Gasteiger partial charge in [0, 0.05) is 30.5 Å². The number of H-pyrrole nitrogens is 1. The number of hydrogen-bond donors (Lipinski definition) is 2. The molecule has 3 heterocycles. The van der Waals surface area contributed by atoms with Gasteiger partial charge in [0.15, 0.2) is 11.6 Å². The Morgan fingerprint density at radius 1 is 1.32 bits per heavy atom. The Labute approximate surface area is 164 Å². The maximum atomic E-state index is 6.45. The van der Waals surface area contributed by atoms with Crippen LogP contribution in [0.15, 0.2) is 30.6 Å². The quantitative estimate of drug-likeness (QED) is 0.680. The molecule has 0 saturated heterocycles. The molecule has 1 aliphatic rings. The van der Waals surface area contributed by atoms with Crippen molar-refractivity contribution in [2.45, 2.75) is 57.6 Å². The molecule has 4 rings (SSSR count). The number of nitrogens with two attached hydrogens (primary N) is 1. The normalized spacial score (nSPS) is 22.5. The molecule has 1 saturated carbocycles. The van der Waals surface area contributed by atoms with Crippen molar-refractivity contribution in [2.75, 3.05) is 6.61 Å². The molecule has 0 bridgehead atoms. The largest absolute Gasteiger partial charge is 0.377 e. The summed E-state index contributed by atoms with van der Waals surface area (Å²) in [6.45, 7) is 4.85. The Kier molecular flexibility index (Phi) is 5.50. The molecule has 28 heavy (non-hydrogen) atoms. The van der Waals surface area contributed by atoms with Crippen LogP contribution >= 0.6 is 0 Å². The number of pyridine rings is 1. The van der Waals surface area contributed by atoms with Gasteiger partial charge in [-0.15, -0.1) is 5.10 Å². The highest BCUT2D eigenvalue weighted by Crippen LogP contribution is 2.34. The van der Waals surface area contributed by atoms with Gasteiger partial charge >= 0.3 is 0 Å². The van der Waals surface area contributed by atoms with Gasteiger partial charge in [-0.05, 0) is 44.7 Å². The lowest BCUT2D eigenvalue weighted by atomic mass is 9.83. The van der Waals surface area contributed by atoms with E-state index in [1.54, 1.807) is 12.4 Å². The Morgan fingerprint density at radius 3 is 2.89 bits per heavy atom. The number of nitrogens with one attached hydrogen (secondary N) is 1. The number of ether oxygens (including phenoxy) is 1. The smallest absolute Gasteiger partial charge is 0.185 e. The SMILES string of the molecule is CCCO[C@@H]1CC[C@H](c2nc(-c3cn[nH]c3C)nn2-c2ccccn2)C[C@H]1N. The van der Waals surface area contributed by atoms with Crippen molar-refractivity contribution in [2.24, 2.45) is 5.73 Å². The minimum Gasteiger partial charge on any atom is -0.377 e. The maximum absolute atomic E-state index is 6.45. The minimum absolute atomic E-state index is 0.00158. The van der Waals surface area contributed by atoms with Gasteiger partial charge in [-0.2, -0.15) is 9.78 Å². The molecule has 148 valence electrons. The standard InChI is InChI=1S/C20H27N7O/c1-3-10-28-17-8-7-14(11-16(17)21)20-24-19(15-12-23-25-13(15)2)26-27(20)18-6-4-5-9-22-18/h4-6,9,12,14,16-17H,3,7-8,10-11,21H2,1-2H3,(H,23,25)/t14-,16+,17+/m0/s1. The molecule has 8 heteroatoms. The van der Waals surface area contributed by atoms with E-state index in [1.165, 1.54) is 0 Å². The van der Waals surface area contributed by atoms with Gasteiger partial charge in [0.2, 0.25) is 0 Å². The van der Waals surface area contributed by atoms with Gasteiger partial charge in [-0.3, -0.25) is 5.10 Å². The predicted molar refractivity (Wildman–Crippen MR) is 106 cm³/mol. The molecule has 3 atom stereocenters. The van der Waals surface area contributed by atoms with Gasteiger partial charge in [0.05, 0.1) is 17.9 Å². The summed E-state index contributed by atoms with van der Waals surface area (Å²) in [5, 5.41) is 11.8. The first-order valence-corrected chi connectivity index (χ1v) is 9.93. The number of nitrogens with zero attached hydrogens (tertiary/aromatic N) is 5. The van der Waals surface area contributed by atoms with E-state index in [0.717, 1.165) is 55.2 Å². The van der Waals surface area contributed by atoms with Crippen LogP contribution in [-0.4, -0.2) is 48.7 Å². The van der Waals surface area contributed by atoms with E-state index in [0.29, 0.717) is 5.82 Å². The number of hydrogen-bond acceptors (Lipinski definition) is 6. The molecular formula is C20H27N7O. The van der Waals surface area contributed by atoms with Gasteiger partial charge < -0.3 is 10.5 Å². The third-order valence-electron chi connectivity index (χ3n) is 5.30. The third kappa shape index (κ3) is 3.70. The highest BCUT2D eigenvalue weighted by Gasteiger charge is 2.33. The van der Waals surface area contributed by atoms with Crippen molar-refractivity contribution in [3.63, 3.8) is 0 Å². The second kappa shape index (κ2) is 8.20. The predicted octanol–water partition coefficient (Wildman–Crippen LogP) is 2.75. The second-order valence-corrected chi connectivity index (χ2v) is 7.39. The molecule has 0 spiro atoms. The fourth-order valence-corrected chi connectivity index (χ4v) is 3.81. The molecule has 0 aliphatic heterocycles.